The number of furan rings is 1. The third kappa shape index (κ3) is 3.46. The van der Waals surface area contributed by atoms with Gasteiger partial charge in [0.2, 0.25) is 11.8 Å². The molecule has 0 amide bonds. The Hall–Kier alpha value is -4.12. The van der Waals surface area contributed by atoms with E-state index in [0.29, 0.717) is 29.4 Å². The van der Waals surface area contributed by atoms with E-state index in [9.17, 15) is 0 Å². The van der Waals surface area contributed by atoms with Gasteiger partial charge in [-0.3, -0.25) is 4.90 Å². The van der Waals surface area contributed by atoms with Crippen LogP contribution in [0.25, 0.3) is 28.3 Å². The van der Waals surface area contributed by atoms with Gasteiger partial charge in [-0.2, -0.15) is 14.6 Å². The molecule has 2 N–H and O–H groups in total. The monoisotopic (exact) mass is 474 g/mol. The first kappa shape index (κ1) is 21.4. The molecule has 5 aromatic rings. The highest BCUT2D eigenvalue weighted by Gasteiger charge is 2.26. The third-order valence-corrected chi connectivity index (χ3v) is 6.75. The summed E-state index contributed by atoms with van der Waals surface area (Å²) in [4.78, 5) is 11.6. The van der Waals surface area contributed by atoms with Gasteiger partial charge in [0.15, 0.2) is 28.6 Å². The van der Waals surface area contributed by atoms with Gasteiger partial charge in [-0.05, 0) is 48.7 Å². The summed E-state index contributed by atoms with van der Waals surface area (Å²) >= 11 is 0. The molecule has 11 heteroatoms. The molecule has 180 valence electrons. The summed E-state index contributed by atoms with van der Waals surface area (Å²) in [5.74, 6) is 2.80. The number of nitrogens with zero attached hydrogens (tertiary/aromatic N) is 7. The fourth-order valence-corrected chi connectivity index (χ4v) is 4.86. The normalized spacial score (nSPS) is 16.1. The number of nitrogen functional groups attached to an aromatic ring is 1. The van der Waals surface area contributed by atoms with Crippen LogP contribution in [0.5, 0.6) is 11.5 Å². The minimum Gasteiger partial charge on any atom is -0.493 e. The molecule has 0 saturated heterocycles. The first-order chi connectivity index (χ1) is 17.1. The number of hydrogen-bond acceptors (Lipinski definition) is 9. The molecule has 0 spiro atoms. The summed E-state index contributed by atoms with van der Waals surface area (Å²) < 4.78 is 19.8. The molecule has 1 unspecified atom stereocenters. The van der Waals surface area contributed by atoms with Crippen LogP contribution < -0.4 is 15.2 Å². The molecule has 4 aromatic heterocycles. The second kappa shape index (κ2) is 8.27. The highest BCUT2D eigenvalue weighted by Crippen LogP contribution is 2.37. The van der Waals surface area contributed by atoms with Crippen LogP contribution in [0.15, 0.2) is 41.1 Å². The van der Waals surface area contributed by atoms with Gasteiger partial charge < -0.3 is 19.6 Å². The van der Waals surface area contributed by atoms with Crippen molar-refractivity contribution in [1.82, 2.24) is 34.3 Å². The molecule has 0 fully saturated rings. The molecular weight excluding hydrogens is 448 g/mol. The predicted molar refractivity (Wildman–Crippen MR) is 129 cm³/mol. The maximum Gasteiger partial charge on any atom is 0.225 e. The molecule has 0 saturated carbocycles. The number of aromatic nitrogens is 6. The van der Waals surface area contributed by atoms with Crippen molar-refractivity contribution in [2.45, 2.75) is 25.9 Å². The Morgan fingerprint density at radius 3 is 2.71 bits per heavy atom. The number of ether oxygens (including phenoxy) is 2. The Labute approximate surface area is 201 Å². The zero-order chi connectivity index (χ0) is 24.1. The van der Waals surface area contributed by atoms with Crippen LogP contribution in [0.1, 0.15) is 24.1 Å². The molecule has 1 aromatic carbocycles. The van der Waals surface area contributed by atoms with E-state index in [1.54, 1.807) is 32.7 Å². The van der Waals surface area contributed by atoms with Crippen LogP contribution in [0.4, 0.5) is 5.95 Å². The first-order valence-corrected chi connectivity index (χ1v) is 11.5. The van der Waals surface area contributed by atoms with Crippen molar-refractivity contribution >= 4 is 22.6 Å². The van der Waals surface area contributed by atoms with Crippen molar-refractivity contribution < 1.29 is 13.9 Å². The second-order valence-corrected chi connectivity index (χ2v) is 8.59. The molecule has 0 radical (unpaired) electrons. The van der Waals surface area contributed by atoms with Crippen molar-refractivity contribution in [2.24, 2.45) is 0 Å². The lowest BCUT2D eigenvalue weighted by Crippen LogP contribution is -2.36. The third-order valence-electron chi connectivity index (χ3n) is 6.75. The van der Waals surface area contributed by atoms with Crippen molar-refractivity contribution in [2.75, 3.05) is 33.0 Å². The molecule has 6 rings (SSSR count). The highest BCUT2D eigenvalue weighted by atomic mass is 16.5. The summed E-state index contributed by atoms with van der Waals surface area (Å²) in [6.45, 7) is 4.64. The zero-order valence-corrected chi connectivity index (χ0v) is 19.8. The summed E-state index contributed by atoms with van der Waals surface area (Å²) in [7, 11) is 3.34. The molecule has 5 heterocycles. The average molecular weight is 475 g/mol. The van der Waals surface area contributed by atoms with Crippen LogP contribution in [-0.2, 0) is 13.0 Å². The van der Waals surface area contributed by atoms with E-state index in [-0.39, 0.29) is 12.0 Å². The molecule has 0 aliphatic carbocycles. The summed E-state index contributed by atoms with van der Waals surface area (Å²) in [6.07, 6.45) is 4.30. The van der Waals surface area contributed by atoms with Gasteiger partial charge in [0.25, 0.3) is 0 Å². The lowest BCUT2D eigenvalue weighted by molar-refractivity contribution is 0.188. The number of benzene rings is 1. The van der Waals surface area contributed by atoms with E-state index < -0.39 is 0 Å². The number of hydrogen-bond donors (Lipinski definition) is 1. The molecule has 1 atom stereocenters. The van der Waals surface area contributed by atoms with Crippen molar-refractivity contribution in [1.29, 1.82) is 0 Å². The maximum absolute atomic E-state index is 6.23. The Balaban J connectivity index is 1.27. The van der Waals surface area contributed by atoms with Gasteiger partial charge in [0, 0.05) is 19.1 Å². The Bertz CT molecular complexity index is 1520. The predicted octanol–water partition coefficient (Wildman–Crippen LogP) is 2.95. The molecule has 1 aliphatic rings. The van der Waals surface area contributed by atoms with Crippen LogP contribution in [0.2, 0.25) is 0 Å². The van der Waals surface area contributed by atoms with Gasteiger partial charge in [0.05, 0.1) is 38.6 Å². The Morgan fingerprint density at radius 1 is 1.11 bits per heavy atom. The Kier molecular flexibility index (Phi) is 5.06. The summed E-state index contributed by atoms with van der Waals surface area (Å²) in [6, 6.07) is 8.02. The van der Waals surface area contributed by atoms with Gasteiger partial charge in [-0.25, -0.2) is 9.67 Å². The van der Waals surface area contributed by atoms with Crippen molar-refractivity contribution in [3.05, 3.63) is 47.9 Å². The first-order valence-electron chi connectivity index (χ1n) is 11.5. The van der Waals surface area contributed by atoms with E-state index in [1.807, 2.05) is 10.7 Å². The largest absolute Gasteiger partial charge is 0.493 e. The summed E-state index contributed by atoms with van der Waals surface area (Å²) in [5.41, 5.74) is 10.1. The SMILES string of the molecule is COc1cc2c(cc1OC)C(C)N(CCn1ncc3c1nc(N)n1nc(-c4ccco4)nc31)CC2. The van der Waals surface area contributed by atoms with Crippen LogP contribution in [0.3, 0.4) is 0 Å². The quantitative estimate of drug-likeness (QED) is 0.396. The van der Waals surface area contributed by atoms with E-state index in [2.05, 4.69) is 44.1 Å². The fraction of sp³-hybridized carbons (Fsp3) is 0.333. The number of fused-ring (bicyclic) bond motifs is 4. The number of nitrogens with two attached hydrogens (primary N) is 1. The lowest BCUT2D eigenvalue weighted by atomic mass is 9.93. The standard InChI is InChI=1S/C24H26N8O3/c1-14-16-12-20(34-3)19(33-2)11-15(16)6-7-30(14)8-9-31-22-17(13-26-31)23-27-21(18-5-4-10-35-18)29-32(23)24(25)28-22/h4-5,10-14H,6-9H2,1-3H3,(H2,25,28). The number of anilines is 1. The molecule has 11 nitrogen and oxygen atoms in total. The molecular formula is C24H26N8O3. The van der Waals surface area contributed by atoms with E-state index in [0.717, 1.165) is 36.4 Å². The van der Waals surface area contributed by atoms with E-state index >= 15 is 0 Å². The van der Waals surface area contributed by atoms with Crippen LogP contribution in [0, 0.1) is 0 Å². The zero-order valence-electron chi connectivity index (χ0n) is 19.8. The highest BCUT2D eigenvalue weighted by molar-refractivity contribution is 5.90. The lowest BCUT2D eigenvalue weighted by Gasteiger charge is -2.35. The number of rotatable bonds is 6. The van der Waals surface area contributed by atoms with Crippen LogP contribution in [-0.4, -0.2) is 61.6 Å². The summed E-state index contributed by atoms with van der Waals surface area (Å²) in [5, 5.41) is 9.83. The van der Waals surface area contributed by atoms with Gasteiger partial charge in [-0.1, -0.05) is 0 Å². The van der Waals surface area contributed by atoms with Gasteiger partial charge >= 0.3 is 0 Å². The van der Waals surface area contributed by atoms with E-state index in [4.69, 9.17) is 19.6 Å². The topological polar surface area (TPSA) is 122 Å². The fourth-order valence-electron chi connectivity index (χ4n) is 4.86. The average Bonchev–Trinajstić information content (AvgIpc) is 3.62. The van der Waals surface area contributed by atoms with Gasteiger partial charge in [0.1, 0.15) is 0 Å². The molecule has 35 heavy (non-hydrogen) atoms. The molecule has 0 bridgehead atoms. The minimum atomic E-state index is 0.234. The number of methoxy groups -OCH3 is 2. The van der Waals surface area contributed by atoms with E-state index in [1.165, 1.54) is 15.6 Å². The maximum atomic E-state index is 6.23. The van der Waals surface area contributed by atoms with Gasteiger partial charge in [-0.15, -0.1) is 5.10 Å². The Morgan fingerprint density at radius 2 is 1.94 bits per heavy atom. The van der Waals surface area contributed by atoms with Crippen molar-refractivity contribution in [3.8, 4) is 23.1 Å². The minimum absolute atomic E-state index is 0.234. The van der Waals surface area contributed by atoms with Crippen molar-refractivity contribution in [3.63, 3.8) is 0 Å². The smallest absolute Gasteiger partial charge is 0.225 e. The van der Waals surface area contributed by atoms with Crippen LogP contribution >= 0.6 is 0 Å². The molecule has 1 aliphatic heterocycles. The second-order valence-electron chi connectivity index (χ2n) is 8.59.